The number of anilines is 1. The van der Waals surface area contributed by atoms with E-state index < -0.39 is 0 Å². The van der Waals surface area contributed by atoms with Crippen LogP contribution in [-0.4, -0.2) is 30.0 Å². The summed E-state index contributed by atoms with van der Waals surface area (Å²) in [5.41, 5.74) is 1.68. The van der Waals surface area contributed by atoms with Crippen LogP contribution in [0.3, 0.4) is 0 Å². The lowest BCUT2D eigenvalue weighted by atomic mass is 9.85. The zero-order valence-electron chi connectivity index (χ0n) is 14.9. The first kappa shape index (κ1) is 16.4. The normalized spacial score (nSPS) is 27.4. The molecule has 1 saturated carbocycles. The topological polar surface area (TPSA) is 58.4 Å². The lowest BCUT2D eigenvalue weighted by Crippen LogP contribution is -2.48. The van der Waals surface area contributed by atoms with Gasteiger partial charge in [-0.25, -0.2) is 0 Å². The Morgan fingerprint density at radius 3 is 2.88 bits per heavy atom. The molecule has 4 rings (SSSR count). The van der Waals surface area contributed by atoms with Crippen molar-refractivity contribution in [3.8, 4) is 0 Å². The maximum absolute atomic E-state index is 12.8. The number of aromatic nitrogens is 1. The van der Waals surface area contributed by atoms with Gasteiger partial charge in [-0.05, 0) is 43.7 Å². The third-order valence-corrected chi connectivity index (χ3v) is 5.78. The molecular formula is C20H27N3O2. The van der Waals surface area contributed by atoms with Crippen LogP contribution < -0.4 is 10.2 Å². The molecule has 2 heterocycles. The van der Waals surface area contributed by atoms with Crippen LogP contribution in [0.1, 0.15) is 45.4 Å². The van der Waals surface area contributed by atoms with Gasteiger partial charge >= 0.3 is 0 Å². The molecule has 1 saturated heterocycles. The van der Waals surface area contributed by atoms with E-state index in [4.69, 9.17) is 4.42 Å². The molecule has 2 fully saturated rings. The van der Waals surface area contributed by atoms with Crippen LogP contribution in [0.4, 0.5) is 6.01 Å². The van der Waals surface area contributed by atoms with E-state index in [1.807, 2.05) is 24.3 Å². The molecule has 0 spiro atoms. The largest absolute Gasteiger partial charge is 0.423 e. The number of hydrogen-bond donors (Lipinski definition) is 1. The molecule has 1 aromatic carbocycles. The highest BCUT2D eigenvalue weighted by atomic mass is 16.4. The van der Waals surface area contributed by atoms with Crippen molar-refractivity contribution in [3.05, 3.63) is 24.3 Å². The number of nitrogens with one attached hydrogen (secondary N) is 1. The number of fused-ring (bicyclic) bond motifs is 1. The molecule has 1 N–H and O–H groups in total. The number of nitrogens with zero attached hydrogens (tertiary/aromatic N) is 2. The molecule has 2 aromatic rings. The van der Waals surface area contributed by atoms with Gasteiger partial charge in [0.05, 0.1) is 5.92 Å². The highest BCUT2D eigenvalue weighted by molar-refractivity contribution is 5.80. The molecule has 3 atom stereocenters. The van der Waals surface area contributed by atoms with Crippen LogP contribution in [0.2, 0.25) is 0 Å². The minimum atomic E-state index is 0.0258. The highest BCUT2D eigenvalue weighted by Crippen LogP contribution is 2.28. The third kappa shape index (κ3) is 3.51. The fourth-order valence-corrected chi connectivity index (χ4v) is 4.19. The Morgan fingerprint density at radius 2 is 2.04 bits per heavy atom. The molecule has 0 radical (unpaired) electrons. The number of rotatable bonds is 3. The van der Waals surface area contributed by atoms with Crippen LogP contribution in [0.25, 0.3) is 11.1 Å². The van der Waals surface area contributed by atoms with E-state index in [-0.39, 0.29) is 11.8 Å². The standard InChI is InChI=1S/C20H27N3O2/c1-14-7-2-3-9-16(14)21-19(24)15-8-6-12-23(13-15)20-22-17-10-4-5-11-18(17)25-20/h4-5,10-11,14-16H,2-3,6-9,12-13H2,1H3,(H,21,24). The molecule has 25 heavy (non-hydrogen) atoms. The van der Waals surface area contributed by atoms with E-state index in [0.717, 1.165) is 36.9 Å². The second-order valence-electron chi connectivity index (χ2n) is 7.63. The minimum absolute atomic E-state index is 0.0258. The fraction of sp³-hybridized carbons (Fsp3) is 0.600. The maximum atomic E-state index is 12.8. The van der Waals surface area contributed by atoms with Crippen molar-refractivity contribution in [2.24, 2.45) is 11.8 Å². The van der Waals surface area contributed by atoms with Gasteiger partial charge in [0.25, 0.3) is 6.01 Å². The van der Waals surface area contributed by atoms with E-state index in [2.05, 4.69) is 22.1 Å². The summed E-state index contributed by atoms with van der Waals surface area (Å²) in [6.07, 6.45) is 6.82. The van der Waals surface area contributed by atoms with Gasteiger partial charge in [-0.3, -0.25) is 4.79 Å². The van der Waals surface area contributed by atoms with Crippen molar-refractivity contribution in [2.75, 3.05) is 18.0 Å². The summed E-state index contributed by atoms with van der Waals surface area (Å²) < 4.78 is 5.89. The van der Waals surface area contributed by atoms with Crippen LogP contribution in [0, 0.1) is 11.8 Å². The van der Waals surface area contributed by atoms with Crippen LogP contribution in [0.15, 0.2) is 28.7 Å². The molecule has 134 valence electrons. The van der Waals surface area contributed by atoms with Crippen LogP contribution >= 0.6 is 0 Å². The summed E-state index contributed by atoms with van der Waals surface area (Å²) in [4.78, 5) is 19.5. The summed E-state index contributed by atoms with van der Waals surface area (Å²) in [6.45, 7) is 3.85. The van der Waals surface area contributed by atoms with Crippen LogP contribution in [-0.2, 0) is 4.79 Å². The van der Waals surface area contributed by atoms with Gasteiger partial charge in [-0.15, -0.1) is 0 Å². The monoisotopic (exact) mass is 341 g/mol. The Bertz CT molecular complexity index is 708. The predicted molar refractivity (Wildman–Crippen MR) is 98.5 cm³/mol. The fourth-order valence-electron chi connectivity index (χ4n) is 4.19. The lowest BCUT2D eigenvalue weighted by molar-refractivity contribution is -0.126. The molecule has 3 unspecified atom stereocenters. The summed E-state index contributed by atoms with van der Waals surface area (Å²) in [6, 6.07) is 8.80. The third-order valence-electron chi connectivity index (χ3n) is 5.78. The lowest BCUT2D eigenvalue weighted by Gasteiger charge is -2.34. The van der Waals surface area contributed by atoms with Gasteiger partial charge in [0, 0.05) is 19.1 Å². The highest BCUT2D eigenvalue weighted by Gasteiger charge is 2.31. The van der Waals surface area contributed by atoms with Gasteiger partial charge in [0.15, 0.2) is 5.58 Å². The Labute approximate surface area is 148 Å². The molecule has 5 heteroatoms. The van der Waals surface area contributed by atoms with Crippen LogP contribution in [0.5, 0.6) is 0 Å². The van der Waals surface area contributed by atoms with Gasteiger partial charge in [0.2, 0.25) is 5.91 Å². The first-order valence-corrected chi connectivity index (χ1v) is 9.61. The molecule has 1 aliphatic carbocycles. The zero-order valence-corrected chi connectivity index (χ0v) is 14.9. The van der Waals surface area contributed by atoms with Crippen molar-refractivity contribution in [2.45, 2.75) is 51.5 Å². The SMILES string of the molecule is CC1CCCCC1NC(=O)C1CCCN(c2nc3ccccc3o2)C1. The van der Waals surface area contributed by atoms with Crippen molar-refractivity contribution >= 4 is 23.0 Å². The molecule has 0 bridgehead atoms. The average molecular weight is 341 g/mol. The molecule has 5 nitrogen and oxygen atoms in total. The summed E-state index contributed by atoms with van der Waals surface area (Å²) in [5, 5.41) is 3.32. The Balaban J connectivity index is 1.42. The number of hydrogen-bond acceptors (Lipinski definition) is 4. The predicted octanol–water partition coefficient (Wildman–Crippen LogP) is 3.74. The summed E-state index contributed by atoms with van der Waals surface area (Å²) >= 11 is 0. The Hall–Kier alpha value is -2.04. The Kier molecular flexibility index (Phi) is 4.64. The van der Waals surface area contributed by atoms with Crippen molar-refractivity contribution in [3.63, 3.8) is 0 Å². The van der Waals surface area contributed by atoms with E-state index in [9.17, 15) is 4.79 Å². The quantitative estimate of drug-likeness (QED) is 0.924. The maximum Gasteiger partial charge on any atom is 0.298 e. The molecule has 1 amide bonds. The van der Waals surface area contributed by atoms with E-state index >= 15 is 0 Å². The zero-order chi connectivity index (χ0) is 17.2. The number of para-hydroxylation sites is 2. The van der Waals surface area contributed by atoms with Gasteiger partial charge in [-0.2, -0.15) is 4.98 Å². The van der Waals surface area contributed by atoms with Crippen molar-refractivity contribution < 1.29 is 9.21 Å². The molecule has 1 aliphatic heterocycles. The number of amides is 1. The number of carbonyl (C=O) groups is 1. The molecule has 1 aromatic heterocycles. The molecule has 2 aliphatic rings. The van der Waals surface area contributed by atoms with Gasteiger partial charge in [0.1, 0.15) is 5.52 Å². The number of benzene rings is 1. The van der Waals surface area contributed by atoms with Crippen molar-refractivity contribution in [1.29, 1.82) is 0 Å². The number of oxazole rings is 1. The minimum Gasteiger partial charge on any atom is -0.423 e. The Morgan fingerprint density at radius 1 is 1.20 bits per heavy atom. The second kappa shape index (κ2) is 7.06. The first-order chi connectivity index (χ1) is 12.2. The van der Waals surface area contributed by atoms with E-state index in [0.29, 0.717) is 24.5 Å². The van der Waals surface area contributed by atoms with E-state index in [1.54, 1.807) is 0 Å². The number of carbonyl (C=O) groups excluding carboxylic acids is 1. The summed E-state index contributed by atoms with van der Waals surface area (Å²) in [7, 11) is 0. The van der Waals surface area contributed by atoms with E-state index in [1.165, 1.54) is 19.3 Å². The van der Waals surface area contributed by atoms with Crippen molar-refractivity contribution in [1.82, 2.24) is 10.3 Å². The number of piperidine rings is 1. The molecular weight excluding hydrogens is 314 g/mol. The van der Waals surface area contributed by atoms with Gasteiger partial charge in [-0.1, -0.05) is 31.9 Å². The van der Waals surface area contributed by atoms with Gasteiger partial charge < -0.3 is 14.6 Å². The smallest absolute Gasteiger partial charge is 0.298 e. The average Bonchev–Trinajstić information content (AvgIpc) is 3.08. The second-order valence-corrected chi connectivity index (χ2v) is 7.63. The summed E-state index contributed by atoms with van der Waals surface area (Å²) in [5.74, 6) is 0.826. The first-order valence-electron chi connectivity index (χ1n) is 9.61.